The molecule has 1 aliphatic rings. The van der Waals surface area contributed by atoms with Crippen molar-refractivity contribution in [3.05, 3.63) is 29.3 Å². The molecule has 2 aromatic rings. The van der Waals surface area contributed by atoms with Crippen molar-refractivity contribution in [1.82, 2.24) is 9.88 Å². The third-order valence-electron chi connectivity index (χ3n) is 3.67. The molecule has 1 aliphatic heterocycles. The minimum Gasteiger partial charge on any atom is -0.493 e. The lowest BCUT2D eigenvalue weighted by Gasteiger charge is -2.25. The van der Waals surface area contributed by atoms with Gasteiger partial charge in [0.05, 0.1) is 33.1 Å². The summed E-state index contributed by atoms with van der Waals surface area (Å²) in [7, 11) is 3.29. The Hall–Kier alpha value is -1.63. The topological polar surface area (TPSA) is 43.8 Å². The van der Waals surface area contributed by atoms with Crippen LogP contribution in [0.3, 0.4) is 0 Å². The number of ether oxygens (including phenoxy) is 3. The maximum atomic E-state index is 5.37. The normalized spacial score (nSPS) is 15.7. The summed E-state index contributed by atoms with van der Waals surface area (Å²) in [5, 5.41) is 3.13. The van der Waals surface area contributed by atoms with E-state index < -0.39 is 0 Å². The van der Waals surface area contributed by atoms with E-state index in [1.807, 2.05) is 18.2 Å². The molecule has 3 rings (SSSR count). The molecule has 1 saturated heterocycles. The Morgan fingerprint density at radius 1 is 1.18 bits per heavy atom. The SMILES string of the molecule is COc1ccc(-c2nc(CN3CCOCC3)cs2)cc1OC. The third kappa shape index (κ3) is 3.40. The van der Waals surface area contributed by atoms with Gasteiger partial charge < -0.3 is 14.2 Å². The summed E-state index contributed by atoms with van der Waals surface area (Å²) in [5.41, 5.74) is 2.16. The summed E-state index contributed by atoms with van der Waals surface area (Å²) in [4.78, 5) is 7.12. The van der Waals surface area contributed by atoms with Gasteiger partial charge in [-0.05, 0) is 18.2 Å². The minimum absolute atomic E-state index is 0.727. The molecule has 1 aromatic heterocycles. The number of thiazole rings is 1. The van der Waals surface area contributed by atoms with Crippen molar-refractivity contribution in [3.8, 4) is 22.1 Å². The highest BCUT2D eigenvalue weighted by Gasteiger charge is 2.14. The van der Waals surface area contributed by atoms with Gasteiger partial charge in [-0.1, -0.05) is 0 Å². The van der Waals surface area contributed by atoms with Gasteiger partial charge in [0.2, 0.25) is 0 Å². The molecular weight excluding hydrogens is 300 g/mol. The van der Waals surface area contributed by atoms with Crippen LogP contribution >= 0.6 is 11.3 Å². The highest BCUT2D eigenvalue weighted by atomic mass is 32.1. The summed E-state index contributed by atoms with van der Waals surface area (Å²) in [6.07, 6.45) is 0. The summed E-state index contributed by atoms with van der Waals surface area (Å²) in [6, 6.07) is 5.89. The van der Waals surface area contributed by atoms with Crippen molar-refractivity contribution in [2.75, 3.05) is 40.5 Å². The van der Waals surface area contributed by atoms with E-state index in [0.29, 0.717) is 0 Å². The molecule has 0 bridgehead atoms. The lowest BCUT2D eigenvalue weighted by molar-refractivity contribution is 0.0337. The van der Waals surface area contributed by atoms with E-state index in [1.165, 1.54) is 0 Å². The third-order valence-corrected chi connectivity index (χ3v) is 4.61. The molecule has 5 nitrogen and oxygen atoms in total. The second-order valence-corrected chi connectivity index (χ2v) is 5.96. The van der Waals surface area contributed by atoms with Gasteiger partial charge in [0.15, 0.2) is 11.5 Å². The molecule has 0 unspecified atom stereocenters. The predicted octanol–water partition coefficient (Wildman–Crippen LogP) is 2.66. The Bertz CT molecular complexity index is 624. The highest BCUT2D eigenvalue weighted by Crippen LogP contribution is 2.33. The zero-order chi connectivity index (χ0) is 15.4. The van der Waals surface area contributed by atoms with Crippen LogP contribution in [-0.4, -0.2) is 50.4 Å². The van der Waals surface area contributed by atoms with Crippen molar-refractivity contribution in [2.45, 2.75) is 6.54 Å². The summed E-state index contributed by atoms with van der Waals surface area (Å²) in [5.74, 6) is 1.46. The maximum absolute atomic E-state index is 5.37. The van der Waals surface area contributed by atoms with Gasteiger partial charge in [-0.15, -0.1) is 11.3 Å². The van der Waals surface area contributed by atoms with Crippen LogP contribution in [0.15, 0.2) is 23.6 Å². The Kier molecular flexibility index (Phi) is 4.92. The van der Waals surface area contributed by atoms with Gasteiger partial charge in [0.25, 0.3) is 0 Å². The smallest absolute Gasteiger partial charge is 0.161 e. The van der Waals surface area contributed by atoms with Crippen LogP contribution in [0.25, 0.3) is 10.6 Å². The monoisotopic (exact) mass is 320 g/mol. The molecule has 1 aromatic carbocycles. The number of methoxy groups -OCH3 is 2. The lowest BCUT2D eigenvalue weighted by atomic mass is 10.2. The van der Waals surface area contributed by atoms with E-state index in [4.69, 9.17) is 19.2 Å². The standard InChI is InChI=1S/C16H20N2O3S/c1-19-14-4-3-12(9-15(14)20-2)16-17-13(11-22-16)10-18-5-7-21-8-6-18/h3-4,9,11H,5-8,10H2,1-2H3. The van der Waals surface area contributed by atoms with Crippen LogP contribution in [0, 0.1) is 0 Å². The van der Waals surface area contributed by atoms with Gasteiger partial charge in [-0.3, -0.25) is 4.90 Å². The number of hydrogen-bond acceptors (Lipinski definition) is 6. The van der Waals surface area contributed by atoms with Crippen molar-refractivity contribution in [2.24, 2.45) is 0 Å². The van der Waals surface area contributed by atoms with Crippen LogP contribution in [0.5, 0.6) is 11.5 Å². The second kappa shape index (κ2) is 7.09. The van der Waals surface area contributed by atoms with E-state index in [0.717, 1.165) is 60.6 Å². The zero-order valence-corrected chi connectivity index (χ0v) is 13.7. The number of rotatable bonds is 5. The Morgan fingerprint density at radius 2 is 1.95 bits per heavy atom. The van der Waals surface area contributed by atoms with Crippen LogP contribution in [0.4, 0.5) is 0 Å². The van der Waals surface area contributed by atoms with Gasteiger partial charge in [-0.2, -0.15) is 0 Å². The Balaban J connectivity index is 1.75. The first-order valence-electron chi connectivity index (χ1n) is 7.27. The molecule has 0 spiro atoms. The molecular formula is C16H20N2O3S. The van der Waals surface area contributed by atoms with E-state index in [-0.39, 0.29) is 0 Å². The fourth-order valence-electron chi connectivity index (χ4n) is 2.47. The summed E-state index contributed by atoms with van der Waals surface area (Å²) in [6.45, 7) is 4.46. The fraction of sp³-hybridized carbons (Fsp3) is 0.438. The van der Waals surface area contributed by atoms with E-state index >= 15 is 0 Å². The van der Waals surface area contributed by atoms with Gasteiger partial charge in [0, 0.05) is 30.6 Å². The van der Waals surface area contributed by atoms with Crippen LogP contribution in [0.2, 0.25) is 0 Å². The molecule has 22 heavy (non-hydrogen) atoms. The summed E-state index contributed by atoms with van der Waals surface area (Å²) >= 11 is 1.66. The summed E-state index contributed by atoms with van der Waals surface area (Å²) < 4.78 is 16.0. The molecule has 0 N–H and O–H groups in total. The van der Waals surface area contributed by atoms with E-state index in [9.17, 15) is 0 Å². The minimum atomic E-state index is 0.727. The molecule has 1 fully saturated rings. The van der Waals surface area contributed by atoms with Crippen LogP contribution < -0.4 is 9.47 Å². The molecule has 0 saturated carbocycles. The van der Waals surface area contributed by atoms with Crippen molar-refractivity contribution < 1.29 is 14.2 Å². The largest absolute Gasteiger partial charge is 0.493 e. The second-order valence-electron chi connectivity index (χ2n) is 5.10. The van der Waals surface area contributed by atoms with Crippen molar-refractivity contribution >= 4 is 11.3 Å². The van der Waals surface area contributed by atoms with Crippen molar-refractivity contribution in [3.63, 3.8) is 0 Å². The first kappa shape index (κ1) is 15.3. The number of aromatic nitrogens is 1. The number of nitrogens with zero attached hydrogens (tertiary/aromatic N) is 2. The molecule has 0 atom stereocenters. The Morgan fingerprint density at radius 3 is 2.68 bits per heavy atom. The van der Waals surface area contributed by atoms with Gasteiger partial charge >= 0.3 is 0 Å². The molecule has 2 heterocycles. The Labute approximate surface area is 134 Å². The lowest BCUT2D eigenvalue weighted by Crippen LogP contribution is -2.35. The number of benzene rings is 1. The molecule has 118 valence electrons. The molecule has 0 aliphatic carbocycles. The van der Waals surface area contributed by atoms with Crippen molar-refractivity contribution in [1.29, 1.82) is 0 Å². The van der Waals surface area contributed by atoms with E-state index in [1.54, 1.807) is 25.6 Å². The molecule has 6 heteroatoms. The maximum Gasteiger partial charge on any atom is 0.161 e. The number of morpholine rings is 1. The van der Waals surface area contributed by atoms with Gasteiger partial charge in [-0.25, -0.2) is 4.98 Å². The first-order valence-corrected chi connectivity index (χ1v) is 8.15. The van der Waals surface area contributed by atoms with Gasteiger partial charge in [0.1, 0.15) is 5.01 Å². The highest BCUT2D eigenvalue weighted by molar-refractivity contribution is 7.13. The van der Waals surface area contributed by atoms with E-state index in [2.05, 4.69) is 10.3 Å². The average Bonchev–Trinajstić information content (AvgIpc) is 3.03. The first-order chi connectivity index (χ1) is 10.8. The fourth-order valence-corrected chi connectivity index (χ4v) is 3.28. The average molecular weight is 320 g/mol. The molecule has 0 amide bonds. The molecule has 0 radical (unpaired) electrons. The quantitative estimate of drug-likeness (QED) is 0.847. The predicted molar refractivity (Wildman–Crippen MR) is 86.8 cm³/mol. The van der Waals surface area contributed by atoms with Crippen LogP contribution in [-0.2, 0) is 11.3 Å². The number of hydrogen-bond donors (Lipinski definition) is 0. The zero-order valence-electron chi connectivity index (χ0n) is 12.9. The van der Waals surface area contributed by atoms with Crippen LogP contribution in [0.1, 0.15) is 5.69 Å².